The van der Waals surface area contributed by atoms with Crippen LogP contribution in [0.1, 0.15) is 5.56 Å². The molecule has 0 saturated heterocycles. The van der Waals surface area contributed by atoms with Crippen molar-refractivity contribution in [2.24, 2.45) is 0 Å². The normalized spacial score (nSPS) is 11.6. The molecule has 0 unspecified atom stereocenters. The summed E-state index contributed by atoms with van der Waals surface area (Å²) in [5.74, 6) is -0.0532. The zero-order chi connectivity index (χ0) is 13.9. The maximum absolute atomic E-state index is 12.0. The Morgan fingerprint density at radius 2 is 1.79 bits per heavy atom. The van der Waals surface area contributed by atoms with Crippen LogP contribution in [-0.2, 0) is 12.6 Å². The molecule has 0 heterocycles. The molecule has 0 bridgehead atoms. The van der Waals surface area contributed by atoms with Crippen molar-refractivity contribution in [1.82, 2.24) is 0 Å². The number of phenols is 1. The Morgan fingerprint density at radius 1 is 1.11 bits per heavy atom. The average Bonchev–Trinajstić information content (AvgIpc) is 2.41. The summed E-state index contributed by atoms with van der Waals surface area (Å²) in [6, 6.07) is 13.4. The number of benzene rings is 2. The molecule has 2 rings (SSSR count). The van der Waals surface area contributed by atoms with E-state index in [0.717, 1.165) is 3.57 Å². The number of halogens is 1. The van der Waals surface area contributed by atoms with E-state index in [1.807, 2.05) is 30.3 Å². The third-order valence-corrected chi connectivity index (χ3v) is 6.65. The molecule has 0 amide bonds. The third-order valence-electron chi connectivity index (χ3n) is 2.41. The summed E-state index contributed by atoms with van der Waals surface area (Å²) in [5, 5.41) is 9.54. The molecule has 0 radical (unpaired) electrons. The molecule has 1 N–H and O–H groups in total. The molecule has 0 saturated carbocycles. The van der Waals surface area contributed by atoms with Crippen LogP contribution >= 0.6 is 0 Å². The van der Waals surface area contributed by atoms with Crippen LogP contribution in [0.25, 0.3) is 0 Å². The summed E-state index contributed by atoms with van der Waals surface area (Å²) in [4.78, 5) is -0.0220. The molecule has 0 fully saturated rings. The van der Waals surface area contributed by atoms with Gasteiger partial charge in [0.05, 0.1) is 0 Å². The van der Waals surface area contributed by atoms with Gasteiger partial charge in [0.15, 0.2) is 0 Å². The molecule has 19 heavy (non-hydrogen) atoms. The molecular weight excluding hydrogens is 379 g/mol. The first-order valence-electron chi connectivity index (χ1n) is 5.42. The van der Waals surface area contributed by atoms with Crippen molar-refractivity contribution in [2.45, 2.75) is 11.8 Å². The molecule has 0 aromatic heterocycles. The number of hydrogen-bond acceptors (Lipinski definition) is 4. The van der Waals surface area contributed by atoms with Gasteiger partial charge in [-0.05, 0) is 0 Å². The van der Waals surface area contributed by atoms with Gasteiger partial charge in [-0.1, -0.05) is 0 Å². The fourth-order valence-electron chi connectivity index (χ4n) is 1.33. The monoisotopic (exact) mass is 391 g/mol. The number of aromatic hydroxyl groups is 1. The van der Waals surface area contributed by atoms with E-state index in [1.54, 1.807) is 13.0 Å². The number of hydrogen-bond donors (Lipinski definition) is 1. The van der Waals surface area contributed by atoms with Gasteiger partial charge in [-0.2, -0.15) is 0 Å². The van der Waals surface area contributed by atoms with Gasteiger partial charge in [-0.25, -0.2) is 0 Å². The molecule has 0 aliphatic carbocycles. The molecule has 4 nitrogen and oxygen atoms in total. The van der Waals surface area contributed by atoms with Crippen molar-refractivity contribution < 1.29 is 37.7 Å². The minimum absolute atomic E-state index is 0.0220. The van der Waals surface area contributed by atoms with E-state index in [-0.39, 0.29) is 10.6 Å². The first-order valence-corrected chi connectivity index (χ1v) is 8.79. The Balaban J connectivity index is 2.16. The van der Waals surface area contributed by atoms with Gasteiger partial charge >= 0.3 is 123 Å². The van der Waals surface area contributed by atoms with Crippen LogP contribution in [0.4, 0.5) is 0 Å². The second kappa shape index (κ2) is 5.89. The molecular formula is C13H12IO4S-. The summed E-state index contributed by atoms with van der Waals surface area (Å²) < 4.78 is 29.9. The maximum atomic E-state index is 12.0. The second-order valence-corrected chi connectivity index (χ2v) is 8.11. The molecule has 0 aliphatic heterocycles. The number of aryl methyl sites for hydroxylation is 1. The summed E-state index contributed by atoms with van der Waals surface area (Å²) in [7, 11) is -3.81. The average molecular weight is 391 g/mol. The SMILES string of the molecule is Cc1ccc(S(=O)(=O)O[I-]c2ccccc2)cc1O. The second-order valence-electron chi connectivity index (χ2n) is 3.84. The Morgan fingerprint density at radius 3 is 2.42 bits per heavy atom. The predicted octanol–water partition coefficient (Wildman–Crippen LogP) is -0.720. The van der Waals surface area contributed by atoms with Crippen LogP contribution in [0.3, 0.4) is 0 Å². The van der Waals surface area contributed by atoms with Crippen LogP contribution < -0.4 is 21.6 Å². The Bertz CT molecular complexity index is 668. The zero-order valence-corrected chi connectivity index (χ0v) is 13.1. The van der Waals surface area contributed by atoms with E-state index in [0.29, 0.717) is 5.56 Å². The van der Waals surface area contributed by atoms with E-state index < -0.39 is 31.7 Å². The zero-order valence-electron chi connectivity index (χ0n) is 10.1. The van der Waals surface area contributed by atoms with Crippen LogP contribution in [0.15, 0.2) is 53.4 Å². The Hall–Kier alpha value is -1.12. The summed E-state index contributed by atoms with van der Waals surface area (Å²) in [6.07, 6.45) is 0. The standard InChI is InChI=1S/C13H12IO4S/c1-10-7-8-12(9-13(10)15)19(16,17)18-14-11-5-3-2-4-6-11/h2-9,15H,1H3/q-1. The molecule has 0 atom stereocenters. The van der Waals surface area contributed by atoms with Gasteiger partial charge < -0.3 is 0 Å². The molecule has 2 aromatic rings. The molecule has 2 aromatic carbocycles. The van der Waals surface area contributed by atoms with E-state index in [9.17, 15) is 13.5 Å². The van der Waals surface area contributed by atoms with Crippen molar-refractivity contribution >= 4 is 10.1 Å². The van der Waals surface area contributed by atoms with Crippen molar-refractivity contribution in [3.05, 3.63) is 57.7 Å². The molecule has 0 aliphatic rings. The van der Waals surface area contributed by atoms with Gasteiger partial charge in [0.25, 0.3) is 0 Å². The Labute approximate surface area is 123 Å². The number of phenolic OH excluding ortho intramolecular Hbond substituents is 1. The van der Waals surface area contributed by atoms with Crippen LogP contribution in [-0.4, -0.2) is 13.5 Å². The minimum atomic E-state index is -3.81. The van der Waals surface area contributed by atoms with Crippen LogP contribution in [0.5, 0.6) is 5.75 Å². The van der Waals surface area contributed by atoms with Crippen molar-refractivity contribution in [2.75, 3.05) is 0 Å². The summed E-state index contributed by atoms with van der Waals surface area (Å²) >= 11 is -1.08. The third kappa shape index (κ3) is 3.68. The first-order chi connectivity index (χ1) is 8.99. The summed E-state index contributed by atoms with van der Waals surface area (Å²) in [6.45, 7) is 1.70. The van der Waals surface area contributed by atoms with E-state index in [2.05, 4.69) is 0 Å². The van der Waals surface area contributed by atoms with Crippen molar-refractivity contribution in [3.63, 3.8) is 0 Å². The summed E-state index contributed by atoms with van der Waals surface area (Å²) in [5.41, 5.74) is 0.622. The molecule has 0 spiro atoms. The van der Waals surface area contributed by atoms with Crippen molar-refractivity contribution in [1.29, 1.82) is 0 Å². The van der Waals surface area contributed by atoms with Gasteiger partial charge in [-0.3, -0.25) is 0 Å². The fraction of sp³-hybridized carbons (Fsp3) is 0.0769. The Kier molecular flexibility index (Phi) is 4.43. The van der Waals surface area contributed by atoms with Crippen molar-refractivity contribution in [3.8, 4) is 5.75 Å². The van der Waals surface area contributed by atoms with Gasteiger partial charge in [0.2, 0.25) is 0 Å². The van der Waals surface area contributed by atoms with E-state index in [1.165, 1.54) is 12.1 Å². The predicted molar refractivity (Wildman–Crippen MR) is 66.3 cm³/mol. The fourth-order valence-corrected chi connectivity index (χ4v) is 4.71. The quantitative estimate of drug-likeness (QED) is 0.699. The molecule has 6 heteroatoms. The van der Waals surface area contributed by atoms with Gasteiger partial charge in [-0.15, -0.1) is 0 Å². The van der Waals surface area contributed by atoms with Crippen LogP contribution in [0.2, 0.25) is 0 Å². The topological polar surface area (TPSA) is 63.6 Å². The van der Waals surface area contributed by atoms with Gasteiger partial charge in [0.1, 0.15) is 0 Å². The number of rotatable bonds is 4. The molecule has 102 valence electrons. The van der Waals surface area contributed by atoms with E-state index >= 15 is 0 Å². The van der Waals surface area contributed by atoms with Gasteiger partial charge in [0, 0.05) is 0 Å². The first kappa shape index (κ1) is 14.3. The van der Waals surface area contributed by atoms with Crippen LogP contribution in [0, 0.1) is 10.5 Å². The van der Waals surface area contributed by atoms with E-state index in [4.69, 9.17) is 2.51 Å².